The summed E-state index contributed by atoms with van der Waals surface area (Å²) in [5, 5.41) is 14.8. The number of aliphatic carboxylic acids is 1. The van der Waals surface area contributed by atoms with Gasteiger partial charge in [0.25, 0.3) is 5.91 Å². The first-order valence-corrected chi connectivity index (χ1v) is 5.65. The topological polar surface area (TPSA) is 66.4 Å². The first-order valence-electron chi connectivity index (χ1n) is 4.71. The van der Waals surface area contributed by atoms with E-state index in [1.165, 1.54) is 11.3 Å². The smallest absolute Gasteiger partial charge is 0.326 e. The van der Waals surface area contributed by atoms with Gasteiger partial charge in [0.2, 0.25) is 0 Å². The Labute approximate surface area is 91.9 Å². The molecule has 82 valence electrons. The Morgan fingerprint density at radius 1 is 1.60 bits per heavy atom. The fourth-order valence-electron chi connectivity index (χ4n) is 1.18. The third-order valence-corrected chi connectivity index (χ3v) is 2.65. The third kappa shape index (κ3) is 3.36. The van der Waals surface area contributed by atoms with Crippen LogP contribution in [0.25, 0.3) is 0 Å². The van der Waals surface area contributed by atoms with Crippen molar-refractivity contribution in [3.05, 3.63) is 22.4 Å². The Morgan fingerprint density at radius 2 is 2.33 bits per heavy atom. The number of amides is 1. The van der Waals surface area contributed by atoms with Gasteiger partial charge >= 0.3 is 5.97 Å². The molecule has 0 radical (unpaired) electrons. The average Bonchev–Trinajstić information content (AvgIpc) is 2.69. The van der Waals surface area contributed by atoms with Crippen molar-refractivity contribution in [3.63, 3.8) is 0 Å². The number of hydrogen-bond acceptors (Lipinski definition) is 3. The summed E-state index contributed by atoms with van der Waals surface area (Å²) in [5.74, 6) is -1.31. The molecular weight excluding hydrogens is 214 g/mol. The normalized spacial score (nSPS) is 12.1. The fourth-order valence-corrected chi connectivity index (χ4v) is 1.82. The highest BCUT2D eigenvalue weighted by atomic mass is 32.1. The van der Waals surface area contributed by atoms with Gasteiger partial charge in [0.1, 0.15) is 6.04 Å². The predicted molar refractivity (Wildman–Crippen MR) is 58.1 cm³/mol. The number of nitrogens with one attached hydrogen (secondary N) is 1. The molecule has 0 fully saturated rings. The SMILES string of the molecule is CCC[C@H](NC(=O)c1ccsc1)C(=O)O. The van der Waals surface area contributed by atoms with Crippen molar-refractivity contribution in [1.82, 2.24) is 5.32 Å². The van der Waals surface area contributed by atoms with Crippen molar-refractivity contribution in [2.45, 2.75) is 25.8 Å². The maximum absolute atomic E-state index is 11.5. The van der Waals surface area contributed by atoms with Crippen molar-refractivity contribution >= 4 is 23.2 Å². The molecule has 0 saturated carbocycles. The molecule has 4 nitrogen and oxygen atoms in total. The summed E-state index contributed by atoms with van der Waals surface area (Å²) in [6.45, 7) is 1.88. The molecule has 0 aliphatic heterocycles. The molecule has 0 aliphatic carbocycles. The summed E-state index contributed by atoms with van der Waals surface area (Å²) in [6, 6.07) is 0.882. The minimum atomic E-state index is -0.986. The molecular formula is C10H13NO3S. The van der Waals surface area contributed by atoms with E-state index in [1.807, 2.05) is 6.92 Å². The van der Waals surface area contributed by atoms with Gasteiger partial charge in [0.15, 0.2) is 0 Å². The summed E-state index contributed by atoms with van der Waals surface area (Å²) in [5.41, 5.74) is 0.516. The van der Waals surface area contributed by atoms with Gasteiger partial charge in [-0.1, -0.05) is 13.3 Å². The molecule has 0 aromatic carbocycles. The maximum Gasteiger partial charge on any atom is 0.326 e. The molecule has 0 saturated heterocycles. The lowest BCUT2D eigenvalue weighted by Crippen LogP contribution is -2.40. The predicted octanol–water partition coefficient (Wildman–Crippen LogP) is 1.73. The first-order chi connectivity index (χ1) is 7.15. The Kier molecular flexibility index (Phi) is 4.30. The van der Waals surface area contributed by atoms with Gasteiger partial charge in [0, 0.05) is 5.38 Å². The minimum absolute atomic E-state index is 0.322. The van der Waals surface area contributed by atoms with Crippen molar-refractivity contribution in [3.8, 4) is 0 Å². The highest BCUT2D eigenvalue weighted by Gasteiger charge is 2.19. The number of carbonyl (C=O) groups excluding carboxylic acids is 1. The number of hydrogen-bond donors (Lipinski definition) is 2. The molecule has 0 unspecified atom stereocenters. The molecule has 0 spiro atoms. The van der Waals surface area contributed by atoms with Crippen LogP contribution in [-0.2, 0) is 4.79 Å². The Hall–Kier alpha value is -1.36. The lowest BCUT2D eigenvalue weighted by molar-refractivity contribution is -0.139. The number of carbonyl (C=O) groups is 2. The molecule has 1 aromatic heterocycles. The van der Waals surface area contributed by atoms with Gasteiger partial charge in [-0.3, -0.25) is 4.79 Å². The fraction of sp³-hybridized carbons (Fsp3) is 0.400. The zero-order valence-corrected chi connectivity index (χ0v) is 9.21. The summed E-state index contributed by atoms with van der Waals surface area (Å²) >= 11 is 1.41. The average molecular weight is 227 g/mol. The summed E-state index contributed by atoms with van der Waals surface area (Å²) in [4.78, 5) is 22.3. The number of carboxylic acids is 1. The Morgan fingerprint density at radius 3 is 2.80 bits per heavy atom. The van der Waals surface area contributed by atoms with E-state index in [9.17, 15) is 9.59 Å². The van der Waals surface area contributed by atoms with E-state index in [0.717, 1.165) is 6.42 Å². The third-order valence-electron chi connectivity index (χ3n) is 1.96. The second-order valence-corrected chi connectivity index (χ2v) is 3.95. The molecule has 1 aromatic rings. The van der Waals surface area contributed by atoms with Crippen molar-refractivity contribution in [2.75, 3.05) is 0 Å². The van der Waals surface area contributed by atoms with Gasteiger partial charge in [-0.2, -0.15) is 11.3 Å². The molecule has 15 heavy (non-hydrogen) atoms. The standard InChI is InChI=1S/C10H13NO3S/c1-2-3-8(10(13)14)11-9(12)7-4-5-15-6-7/h4-6,8H,2-3H2,1H3,(H,11,12)(H,13,14)/t8-/m0/s1. The van der Waals surface area contributed by atoms with Gasteiger partial charge in [-0.15, -0.1) is 0 Å². The maximum atomic E-state index is 11.5. The zero-order chi connectivity index (χ0) is 11.3. The largest absolute Gasteiger partial charge is 0.480 e. The van der Waals surface area contributed by atoms with E-state index in [4.69, 9.17) is 5.11 Å². The second-order valence-electron chi connectivity index (χ2n) is 3.16. The van der Waals surface area contributed by atoms with Gasteiger partial charge in [-0.05, 0) is 17.9 Å². The first kappa shape index (κ1) is 11.7. The van der Waals surface area contributed by atoms with Crippen molar-refractivity contribution < 1.29 is 14.7 Å². The van der Waals surface area contributed by atoms with E-state index in [2.05, 4.69) is 5.32 Å². The molecule has 2 N–H and O–H groups in total. The number of thiophene rings is 1. The van der Waals surface area contributed by atoms with E-state index < -0.39 is 12.0 Å². The monoisotopic (exact) mass is 227 g/mol. The summed E-state index contributed by atoms with van der Waals surface area (Å²) in [6.07, 6.45) is 1.17. The highest BCUT2D eigenvalue weighted by Crippen LogP contribution is 2.07. The summed E-state index contributed by atoms with van der Waals surface area (Å²) < 4.78 is 0. The molecule has 1 atom stereocenters. The van der Waals surface area contributed by atoms with Crippen LogP contribution in [-0.4, -0.2) is 23.0 Å². The number of carboxylic acid groups (broad SMARTS) is 1. The van der Waals surface area contributed by atoms with E-state index in [0.29, 0.717) is 12.0 Å². The summed E-state index contributed by atoms with van der Waals surface area (Å²) in [7, 11) is 0. The lowest BCUT2D eigenvalue weighted by atomic mass is 10.1. The zero-order valence-electron chi connectivity index (χ0n) is 8.40. The van der Waals surface area contributed by atoms with E-state index in [1.54, 1.807) is 16.8 Å². The highest BCUT2D eigenvalue weighted by molar-refractivity contribution is 7.08. The van der Waals surface area contributed by atoms with Gasteiger partial charge < -0.3 is 10.4 Å². The Balaban J connectivity index is 2.59. The van der Waals surface area contributed by atoms with E-state index >= 15 is 0 Å². The van der Waals surface area contributed by atoms with E-state index in [-0.39, 0.29) is 5.91 Å². The van der Waals surface area contributed by atoms with Crippen LogP contribution in [0.2, 0.25) is 0 Å². The molecule has 0 aliphatic rings. The van der Waals surface area contributed by atoms with Crippen LogP contribution < -0.4 is 5.32 Å². The minimum Gasteiger partial charge on any atom is -0.480 e. The van der Waals surface area contributed by atoms with Crippen LogP contribution in [0.3, 0.4) is 0 Å². The molecule has 0 bridgehead atoms. The quantitative estimate of drug-likeness (QED) is 0.805. The van der Waals surface area contributed by atoms with Crippen LogP contribution in [0.15, 0.2) is 16.8 Å². The molecule has 1 heterocycles. The van der Waals surface area contributed by atoms with Crippen LogP contribution in [0.5, 0.6) is 0 Å². The van der Waals surface area contributed by atoms with Crippen LogP contribution in [0, 0.1) is 0 Å². The van der Waals surface area contributed by atoms with Gasteiger partial charge in [-0.25, -0.2) is 4.79 Å². The molecule has 5 heteroatoms. The number of rotatable bonds is 5. The molecule has 1 rings (SSSR count). The van der Waals surface area contributed by atoms with Gasteiger partial charge in [0.05, 0.1) is 5.56 Å². The van der Waals surface area contributed by atoms with Crippen LogP contribution in [0.4, 0.5) is 0 Å². The lowest BCUT2D eigenvalue weighted by Gasteiger charge is -2.12. The van der Waals surface area contributed by atoms with Crippen LogP contribution >= 0.6 is 11.3 Å². The van der Waals surface area contributed by atoms with Crippen molar-refractivity contribution in [1.29, 1.82) is 0 Å². The Bertz CT molecular complexity index is 334. The second kappa shape index (κ2) is 5.50. The van der Waals surface area contributed by atoms with Crippen molar-refractivity contribution in [2.24, 2.45) is 0 Å². The van der Waals surface area contributed by atoms with Crippen LogP contribution in [0.1, 0.15) is 30.1 Å². The molecule has 1 amide bonds.